The third-order valence-electron chi connectivity index (χ3n) is 4.93. The van der Waals surface area contributed by atoms with Gasteiger partial charge in [0.2, 0.25) is 0 Å². The maximum atomic E-state index is 11.5. The number of aliphatic carboxylic acids is 1. The first-order chi connectivity index (χ1) is 11.9. The summed E-state index contributed by atoms with van der Waals surface area (Å²) < 4.78 is 0. The molecule has 1 atom stereocenters. The molecule has 0 saturated carbocycles. The molecule has 0 fully saturated rings. The van der Waals surface area contributed by atoms with E-state index in [1.165, 1.54) is 70.6 Å². The Balaban J connectivity index is 0. The Morgan fingerprint density at radius 3 is 1.31 bits per heavy atom. The van der Waals surface area contributed by atoms with E-state index < -0.39 is 17.4 Å². The van der Waals surface area contributed by atoms with Gasteiger partial charge in [-0.3, -0.25) is 0 Å². The molecule has 0 rings (SSSR count). The van der Waals surface area contributed by atoms with Crippen LogP contribution in [-0.4, -0.2) is 17.4 Å². The molecule has 0 aromatic carbocycles. The molecule has 4 nitrogen and oxygen atoms in total. The fourth-order valence-corrected chi connectivity index (χ4v) is 3.01. The smallest absolute Gasteiger partial charge is 0.840 e. The monoisotopic (exact) mass is 418 g/mol. The zero-order valence-corrected chi connectivity index (χ0v) is 20.1. The van der Waals surface area contributed by atoms with Gasteiger partial charge in [-0.15, -0.1) is 0 Å². The number of hydrogen-bond acceptors (Lipinski definition) is 4. The Morgan fingerprint density at radius 1 is 0.692 bits per heavy atom. The minimum absolute atomic E-state index is 0. The number of rotatable bonds is 18. The second-order valence-corrected chi connectivity index (χ2v) is 7.44. The summed E-state index contributed by atoms with van der Waals surface area (Å²) in [6.45, 7) is 3.13. The number of carboxylic acid groups (broad SMARTS) is 1. The number of carbonyl (C=O) groups is 2. The predicted molar refractivity (Wildman–Crippen MR) is 98.0 cm³/mol. The van der Waals surface area contributed by atoms with Gasteiger partial charge in [-0.05, 0) is 12.0 Å². The molecule has 5 heteroatoms. The second-order valence-electron chi connectivity index (χ2n) is 7.44. The van der Waals surface area contributed by atoms with Crippen LogP contribution in [0, 0.1) is 0 Å². The Hall–Kier alpha value is -0.277. The third kappa shape index (κ3) is 14.8. The van der Waals surface area contributed by atoms with E-state index in [9.17, 15) is 19.8 Å². The molecule has 0 heterocycles. The van der Waals surface area contributed by atoms with Crippen molar-refractivity contribution in [2.45, 2.75) is 122 Å². The molecule has 0 radical (unpaired) electrons. The number of hydrogen-bond donors (Lipinski definition) is 0. The van der Waals surface area contributed by atoms with Crippen molar-refractivity contribution in [3.05, 3.63) is 0 Å². The minimum atomic E-state index is -2.59. The normalized spacial score (nSPS) is 13.0. The maximum Gasteiger partial charge on any atom is 2.00 e. The van der Waals surface area contributed by atoms with Crippen LogP contribution in [0.15, 0.2) is 0 Å². The van der Waals surface area contributed by atoms with E-state index in [2.05, 4.69) is 6.92 Å². The molecular formula is C21H38O4Zn. The Bertz CT molecular complexity index is 356. The molecule has 0 N–H and O–H groups in total. The average molecular weight is 420 g/mol. The Morgan fingerprint density at radius 2 is 1.00 bits per heavy atom. The summed E-state index contributed by atoms with van der Waals surface area (Å²) >= 11 is 0. The molecule has 0 aromatic heterocycles. The van der Waals surface area contributed by atoms with E-state index in [0.717, 1.165) is 26.2 Å². The second kappa shape index (κ2) is 18.1. The average Bonchev–Trinajstić information content (AvgIpc) is 2.57. The molecule has 1 unspecified atom stereocenters. The summed E-state index contributed by atoms with van der Waals surface area (Å²) in [6, 6.07) is 0. The summed E-state index contributed by atoms with van der Waals surface area (Å²) in [7, 11) is 0. The van der Waals surface area contributed by atoms with Gasteiger partial charge in [0, 0.05) is 12.4 Å². The fourth-order valence-electron chi connectivity index (χ4n) is 3.01. The van der Waals surface area contributed by atoms with Crippen LogP contribution in [0.25, 0.3) is 0 Å². The molecule has 0 amide bonds. The first-order valence-corrected chi connectivity index (χ1v) is 10.4. The molecule has 0 aliphatic carbocycles. The Kier molecular flexibility index (Phi) is 19.5. The molecule has 0 bridgehead atoms. The van der Waals surface area contributed by atoms with Gasteiger partial charge in [-0.25, -0.2) is 0 Å². The van der Waals surface area contributed by atoms with Crippen molar-refractivity contribution in [2.24, 2.45) is 0 Å². The van der Waals surface area contributed by atoms with Gasteiger partial charge in [0.25, 0.3) is 0 Å². The zero-order chi connectivity index (χ0) is 19.0. The maximum absolute atomic E-state index is 11.5. The first-order valence-electron chi connectivity index (χ1n) is 10.4. The minimum Gasteiger partial charge on any atom is -0.840 e. The number of carbonyl (C=O) groups excluding carboxylic acids is 2. The van der Waals surface area contributed by atoms with Gasteiger partial charge in [0.05, 0.1) is 0 Å². The fraction of sp³-hybridized carbons (Fsp3) is 0.905. The van der Waals surface area contributed by atoms with E-state index in [-0.39, 0.29) is 25.9 Å². The number of ketones is 1. The Labute approximate surface area is 173 Å². The number of carboxylic acids is 1. The van der Waals surface area contributed by atoms with Crippen molar-refractivity contribution in [2.75, 3.05) is 0 Å². The van der Waals surface area contributed by atoms with Crippen LogP contribution in [0.1, 0.15) is 117 Å². The van der Waals surface area contributed by atoms with Crippen molar-refractivity contribution in [3.8, 4) is 0 Å². The summed E-state index contributed by atoms with van der Waals surface area (Å²) in [6.07, 6.45) is 18.5. The summed E-state index contributed by atoms with van der Waals surface area (Å²) in [5, 5.41) is 22.0. The van der Waals surface area contributed by atoms with Crippen molar-refractivity contribution in [1.82, 2.24) is 0 Å². The van der Waals surface area contributed by atoms with E-state index in [1.54, 1.807) is 0 Å². The van der Waals surface area contributed by atoms with Gasteiger partial charge in [-0.2, -0.15) is 0 Å². The first kappa shape index (κ1) is 27.9. The molecule has 148 valence electrons. The van der Waals surface area contributed by atoms with Crippen LogP contribution in [0.4, 0.5) is 0 Å². The molecule has 0 spiro atoms. The van der Waals surface area contributed by atoms with Crippen molar-refractivity contribution >= 4 is 11.8 Å². The molecule has 0 aliphatic rings. The third-order valence-corrected chi connectivity index (χ3v) is 4.93. The van der Waals surface area contributed by atoms with E-state index in [4.69, 9.17) is 0 Å². The zero-order valence-electron chi connectivity index (χ0n) is 17.2. The molecule has 0 saturated heterocycles. The number of unbranched alkanes of at least 4 members (excludes halogenated alkanes) is 14. The van der Waals surface area contributed by atoms with Crippen LogP contribution in [0.5, 0.6) is 0 Å². The molecule has 0 aromatic rings. The molecule has 26 heavy (non-hydrogen) atoms. The van der Waals surface area contributed by atoms with Crippen LogP contribution >= 0.6 is 0 Å². The van der Waals surface area contributed by atoms with Gasteiger partial charge in [0.1, 0.15) is 5.78 Å². The van der Waals surface area contributed by atoms with Gasteiger partial charge in [0.15, 0.2) is 0 Å². The summed E-state index contributed by atoms with van der Waals surface area (Å²) in [5.41, 5.74) is -2.59. The van der Waals surface area contributed by atoms with Crippen molar-refractivity contribution in [3.63, 3.8) is 0 Å². The molecular weight excluding hydrogens is 382 g/mol. The van der Waals surface area contributed by atoms with Crippen LogP contribution < -0.4 is 10.2 Å². The van der Waals surface area contributed by atoms with Gasteiger partial charge < -0.3 is 19.8 Å². The van der Waals surface area contributed by atoms with Gasteiger partial charge >= 0.3 is 19.5 Å². The summed E-state index contributed by atoms with van der Waals surface area (Å²) in [4.78, 5) is 22.1. The SMILES string of the molecule is CCCCCCCCCCCCCCCCCC(=O)C(C)([O-])C(=O)[O-].[Zn+2]. The van der Waals surface area contributed by atoms with Gasteiger partial charge in [-0.1, -0.05) is 104 Å². The number of Topliss-reactive ketones (excluding diaryl/α,β-unsaturated/α-hetero) is 1. The van der Waals surface area contributed by atoms with Crippen LogP contribution in [0.3, 0.4) is 0 Å². The van der Waals surface area contributed by atoms with Crippen LogP contribution in [0.2, 0.25) is 0 Å². The molecule has 0 aliphatic heterocycles. The van der Waals surface area contributed by atoms with E-state index in [1.807, 2.05) is 0 Å². The van der Waals surface area contributed by atoms with Crippen LogP contribution in [-0.2, 0) is 29.1 Å². The van der Waals surface area contributed by atoms with Crippen molar-refractivity contribution < 1.29 is 39.3 Å². The largest absolute Gasteiger partial charge is 2.00 e. The standard InChI is InChI=1S/C21H39O4.Zn/c1-3-4-5-6-7-8-9-10-11-12-13-14-15-16-17-18-19(22)21(2,25)20(23)24;/h3-18H2,1-2H3,(H,23,24);/q-1;+2/p-1. The topological polar surface area (TPSA) is 80.3 Å². The predicted octanol–water partition coefficient (Wildman–Crippen LogP) is 3.68. The quantitative estimate of drug-likeness (QED) is 0.193. The van der Waals surface area contributed by atoms with Crippen molar-refractivity contribution in [1.29, 1.82) is 0 Å². The summed E-state index contributed by atoms with van der Waals surface area (Å²) in [5.74, 6) is -2.58. The van der Waals surface area contributed by atoms with E-state index >= 15 is 0 Å². The van der Waals surface area contributed by atoms with E-state index in [0.29, 0.717) is 6.42 Å².